The van der Waals surface area contributed by atoms with Crippen LogP contribution in [-0.4, -0.2) is 32.1 Å². The first-order chi connectivity index (χ1) is 18.6. The Morgan fingerprint density at radius 1 is 0.921 bits per heavy atom. The van der Waals surface area contributed by atoms with Gasteiger partial charge in [-0.1, -0.05) is 78.5 Å². The van der Waals surface area contributed by atoms with Crippen LogP contribution in [0.2, 0.25) is 0 Å². The van der Waals surface area contributed by atoms with Gasteiger partial charge in [0.25, 0.3) is 5.91 Å². The molecule has 0 bridgehead atoms. The molecule has 1 heterocycles. The van der Waals surface area contributed by atoms with Crippen molar-refractivity contribution in [2.45, 2.75) is 18.6 Å². The number of rotatable bonds is 9. The maximum atomic E-state index is 13.2. The molecule has 0 atom stereocenters. The van der Waals surface area contributed by atoms with E-state index < -0.39 is 0 Å². The summed E-state index contributed by atoms with van der Waals surface area (Å²) in [5.74, 6) is 0.213. The molecule has 0 aliphatic rings. The summed E-state index contributed by atoms with van der Waals surface area (Å²) < 4.78 is 15.1. The zero-order valence-electron chi connectivity index (χ0n) is 20.6. The van der Waals surface area contributed by atoms with Crippen molar-refractivity contribution in [3.63, 3.8) is 0 Å². The number of carbonyl (C=O) groups is 1. The summed E-state index contributed by atoms with van der Waals surface area (Å²) >= 11 is 1.28. The molecule has 0 radical (unpaired) electrons. The molecule has 0 saturated carbocycles. The van der Waals surface area contributed by atoms with Crippen molar-refractivity contribution in [3.8, 4) is 5.69 Å². The van der Waals surface area contributed by atoms with E-state index in [4.69, 9.17) is 0 Å². The van der Waals surface area contributed by atoms with Crippen molar-refractivity contribution in [1.82, 2.24) is 20.2 Å². The van der Waals surface area contributed by atoms with E-state index in [1.807, 2.05) is 59.2 Å². The van der Waals surface area contributed by atoms with Crippen LogP contribution in [0, 0.1) is 5.82 Å². The van der Waals surface area contributed by atoms with Gasteiger partial charge in [-0.2, -0.15) is 5.10 Å². The van der Waals surface area contributed by atoms with Gasteiger partial charge >= 0.3 is 0 Å². The van der Waals surface area contributed by atoms with E-state index in [9.17, 15) is 9.18 Å². The number of hydrogen-bond donors (Lipinski definition) is 2. The summed E-state index contributed by atoms with van der Waals surface area (Å²) in [7, 11) is 0. The minimum absolute atomic E-state index is 0.0991. The number of nitrogens with one attached hydrogen (secondary N) is 2. The average Bonchev–Trinajstić information content (AvgIpc) is 3.37. The van der Waals surface area contributed by atoms with Crippen LogP contribution in [0.4, 0.5) is 10.1 Å². The monoisotopic (exact) mass is 524 g/mol. The van der Waals surface area contributed by atoms with Crippen LogP contribution in [0.3, 0.4) is 0 Å². The normalized spacial score (nSPS) is 11.5. The van der Waals surface area contributed by atoms with Gasteiger partial charge in [-0.25, -0.2) is 9.82 Å². The highest BCUT2D eigenvalue weighted by atomic mass is 32.2. The number of thioether (sulfide) groups is 1. The quantitative estimate of drug-likeness (QED) is 0.145. The molecule has 9 heteroatoms. The van der Waals surface area contributed by atoms with Crippen LogP contribution in [-0.2, 0) is 11.3 Å². The van der Waals surface area contributed by atoms with Gasteiger partial charge in [-0.3, -0.25) is 9.36 Å². The van der Waals surface area contributed by atoms with E-state index in [1.165, 1.54) is 23.9 Å². The van der Waals surface area contributed by atoms with Gasteiger partial charge in [0.15, 0.2) is 11.0 Å². The van der Waals surface area contributed by atoms with Gasteiger partial charge in [-0.05, 0) is 48.2 Å². The number of carbonyl (C=O) groups excluding carboxylic acids is 1. The van der Waals surface area contributed by atoms with E-state index in [2.05, 4.69) is 44.2 Å². The van der Waals surface area contributed by atoms with Crippen molar-refractivity contribution in [1.29, 1.82) is 0 Å². The third-order valence-electron chi connectivity index (χ3n) is 5.88. The zero-order valence-corrected chi connectivity index (χ0v) is 21.5. The topological polar surface area (TPSA) is 84.2 Å². The number of amides is 1. The highest BCUT2D eigenvalue weighted by Gasteiger charge is 2.16. The molecule has 5 rings (SSSR count). The number of para-hydroxylation sites is 1. The first kappa shape index (κ1) is 25.2. The fourth-order valence-electron chi connectivity index (χ4n) is 3.96. The minimum Gasteiger partial charge on any atom is -0.377 e. The van der Waals surface area contributed by atoms with Crippen LogP contribution in [0.5, 0.6) is 0 Å². The number of anilines is 1. The molecule has 190 valence electrons. The summed E-state index contributed by atoms with van der Waals surface area (Å²) in [5, 5.41) is 19.3. The number of fused-ring (bicyclic) bond motifs is 1. The number of nitrogens with zero attached hydrogens (tertiary/aromatic N) is 4. The number of halogens is 1. The summed E-state index contributed by atoms with van der Waals surface area (Å²) in [4.78, 5) is 12.5. The predicted octanol–water partition coefficient (Wildman–Crippen LogP) is 5.80. The molecule has 0 aliphatic carbocycles. The molecule has 38 heavy (non-hydrogen) atoms. The van der Waals surface area contributed by atoms with Crippen LogP contribution in [0.15, 0.2) is 107 Å². The van der Waals surface area contributed by atoms with E-state index in [1.54, 1.807) is 19.1 Å². The third-order valence-corrected chi connectivity index (χ3v) is 6.81. The van der Waals surface area contributed by atoms with Crippen molar-refractivity contribution in [2.75, 3.05) is 11.1 Å². The van der Waals surface area contributed by atoms with Gasteiger partial charge in [-0.15, -0.1) is 10.2 Å². The Morgan fingerprint density at radius 3 is 2.47 bits per heavy atom. The highest BCUT2D eigenvalue weighted by molar-refractivity contribution is 7.99. The Labute approximate surface area is 223 Å². The molecular formula is C29H25FN6OS. The van der Waals surface area contributed by atoms with Crippen LogP contribution in [0.1, 0.15) is 18.3 Å². The summed E-state index contributed by atoms with van der Waals surface area (Å²) in [6, 6.07) is 30.1. The third kappa shape index (κ3) is 5.90. The van der Waals surface area contributed by atoms with Crippen molar-refractivity contribution in [2.24, 2.45) is 5.10 Å². The van der Waals surface area contributed by atoms with E-state index >= 15 is 0 Å². The predicted molar refractivity (Wildman–Crippen MR) is 150 cm³/mol. The maximum Gasteiger partial charge on any atom is 0.250 e. The second-order valence-electron chi connectivity index (χ2n) is 8.48. The molecule has 0 aliphatic heterocycles. The zero-order chi connectivity index (χ0) is 26.3. The molecule has 7 nitrogen and oxygen atoms in total. The lowest BCUT2D eigenvalue weighted by molar-refractivity contribution is -0.118. The van der Waals surface area contributed by atoms with Crippen molar-refractivity contribution in [3.05, 3.63) is 114 Å². The molecule has 2 N–H and O–H groups in total. The Bertz CT molecular complexity index is 1580. The van der Waals surface area contributed by atoms with Crippen molar-refractivity contribution < 1.29 is 9.18 Å². The van der Waals surface area contributed by atoms with Crippen LogP contribution >= 0.6 is 11.8 Å². The first-order valence-corrected chi connectivity index (χ1v) is 13.0. The molecule has 4 aromatic carbocycles. The summed E-state index contributed by atoms with van der Waals surface area (Å²) in [5.41, 5.74) is 5.78. The second kappa shape index (κ2) is 11.7. The molecule has 5 aromatic rings. The fraction of sp³-hybridized carbons (Fsp3) is 0.103. The summed E-state index contributed by atoms with van der Waals surface area (Å²) in [6.07, 6.45) is 0. The standard InChI is InChI=1S/C29H25FN6OS/c1-20(21-14-16-23(30)17-15-21)32-34-28(37)19-38-29-35-33-27(36(29)24-10-3-2-4-11-24)18-31-26-13-7-9-22-8-5-6-12-25(22)26/h2-17,31H,18-19H2,1H3,(H,34,37). The smallest absolute Gasteiger partial charge is 0.250 e. The van der Waals surface area contributed by atoms with Gasteiger partial charge in [0.2, 0.25) is 0 Å². The van der Waals surface area contributed by atoms with E-state index in [0.717, 1.165) is 33.5 Å². The van der Waals surface area contributed by atoms with Crippen molar-refractivity contribution >= 4 is 39.8 Å². The van der Waals surface area contributed by atoms with Gasteiger partial charge in [0.1, 0.15) is 5.82 Å². The lowest BCUT2D eigenvalue weighted by atomic mass is 10.1. The summed E-state index contributed by atoms with van der Waals surface area (Å²) in [6.45, 7) is 2.20. The molecule has 0 spiro atoms. The largest absolute Gasteiger partial charge is 0.377 e. The van der Waals surface area contributed by atoms with E-state index in [-0.39, 0.29) is 17.5 Å². The Hall–Kier alpha value is -4.50. The second-order valence-corrected chi connectivity index (χ2v) is 9.42. The minimum atomic E-state index is -0.323. The molecule has 0 saturated heterocycles. The highest BCUT2D eigenvalue weighted by Crippen LogP contribution is 2.25. The number of hydrazone groups is 1. The molecule has 1 aromatic heterocycles. The average molecular weight is 525 g/mol. The Kier molecular flexibility index (Phi) is 7.75. The fourth-order valence-corrected chi connectivity index (χ4v) is 4.73. The van der Waals surface area contributed by atoms with E-state index in [0.29, 0.717) is 17.4 Å². The molecule has 0 fully saturated rings. The van der Waals surface area contributed by atoms with Gasteiger partial charge in [0, 0.05) is 16.8 Å². The lowest BCUT2D eigenvalue weighted by Gasteiger charge is -2.12. The molecule has 1 amide bonds. The number of hydrogen-bond acceptors (Lipinski definition) is 6. The molecular weight excluding hydrogens is 499 g/mol. The lowest BCUT2D eigenvalue weighted by Crippen LogP contribution is -2.21. The SMILES string of the molecule is CC(=NNC(=O)CSc1nnc(CNc2cccc3ccccc23)n1-c1ccccc1)c1ccc(F)cc1. The van der Waals surface area contributed by atoms with Gasteiger partial charge in [0.05, 0.1) is 18.0 Å². The number of benzene rings is 4. The Balaban J connectivity index is 1.30. The Morgan fingerprint density at radius 2 is 1.66 bits per heavy atom. The van der Waals surface area contributed by atoms with Gasteiger partial charge < -0.3 is 5.32 Å². The maximum absolute atomic E-state index is 13.2. The van der Waals surface area contributed by atoms with Crippen LogP contribution in [0.25, 0.3) is 16.5 Å². The first-order valence-electron chi connectivity index (χ1n) is 12.0. The molecule has 0 unspecified atom stereocenters. The number of aromatic nitrogens is 3. The van der Waals surface area contributed by atoms with Crippen LogP contribution < -0.4 is 10.7 Å².